The van der Waals surface area contributed by atoms with Gasteiger partial charge in [-0.05, 0) is 67.4 Å². The van der Waals surface area contributed by atoms with Crippen molar-refractivity contribution in [2.45, 2.75) is 20.4 Å². The maximum absolute atomic E-state index is 12.5. The SMILES string of the molecule is COc1ccc(CNC(=O)/C(C#N)=C\c2cc(C)n(-c3cccc(Cl)c3)c2C)cc1. The topological polar surface area (TPSA) is 67.0 Å². The molecule has 0 atom stereocenters. The largest absolute Gasteiger partial charge is 0.497 e. The fraction of sp³-hybridized carbons (Fsp3) is 0.167. The third-order valence-corrected chi connectivity index (χ3v) is 5.05. The number of halogens is 1. The Labute approximate surface area is 181 Å². The summed E-state index contributed by atoms with van der Waals surface area (Å²) in [6.07, 6.45) is 1.62. The van der Waals surface area contributed by atoms with E-state index >= 15 is 0 Å². The smallest absolute Gasteiger partial charge is 0.262 e. The van der Waals surface area contributed by atoms with E-state index in [0.29, 0.717) is 11.6 Å². The molecule has 0 saturated carbocycles. The first-order chi connectivity index (χ1) is 14.4. The number of hydrogen-bond donors (Lipinski definition) is 1. The Bertz CT molecular complexity index is 1140. The Balaban J connectivity index is 1.81. The number of rotatable bonds is 6. The van der Waals surface area contributed by atoms with E-state index in [1.54, 1.807) is 13.2 Å². The molecule has 0 spiro atoms. The number of carbonyl (C=O) groups excluding carboxylic acids is 1. The van der Waals surface area contributed by atoms with Crippen LogP contribution in [0.25, 0.3) is 11.8 Å². The zero-order valence-electron chi connectivity index (χ0n) is 17.1. The fourth-order valence-electron chi connectivity index (χ4n) is 3.27. The van der Waals surface area contributed by atoms with Crippen molar-refractivity contribution in [3.63, 3.8) is 0 Å². The molecule has 2 aromatic carbocycles. The third kappa shape index (κ3) is 4.73. The predicted molar refractivity (Wildman–Crippen MR) is 119 cm³/mol. The van der Waals surface area contributed by atoms with E-state index in [9.17, 15) is 10.1 Å². The zero-order chi connectivity index (χ0) is 21.7. The van der Waals surface area contributed by atoms with E-state index < -0.39 is 5.91 Å². The zero-order valence-corrected chi connectivity index (χ0v) is 17.8. The Morgan fingerprint density at radius 1 is 1.20 bits per heavy atom. The first kappa shape index (κ1) is 21.2. The number of ether oxygens (including phenoxy) is 1. The van der Waals surface area contributed by atoms with E-state index in [0.717, 1.165) is 34.0 Å². The van der Waals surface area contributed by atoms with Gasteiger partial charge in [-0.2, -0.15) is 5.26 Å². The summed E-state index contributed by atoms with van der Waals surface area (Å²) in [4.78, 5) is 12.5. The lowest BCUT2D eigenvalue weighted by molar-refractivity contribution is -0.117. The van der Waals surface area contributed by atoms with Gasteiger partial charge in [-0.15, -0.1) is 0 Å². The highest BCUT2D eigenvalue weighted by Crippen LogP contribution is 2.24. The van der Waals surface area contributed by atoms with Crippen LogP contribution in [0.3, 0.4) is 0 Å². The minimum atomic E-state index is -0.416. The molecule has 0 radical (unpaired) electrons. The lowest BCUT2D eigenvalue weighted by Crippen LogP contribution is -2.23. The molecule has 5 nitrogen and oxygen atoms in total. The molecule has 3 rings (SSSR count). The van der Waals surface area contributed by atoms with Crippen LogP contribution in [0.5, 0.6) is 5.75 Å². The molecule has 1 aromatic heterocycles. The molecule has 1 amide bonds. The molecule has 0 aliphatic carbocycles. The van der Waals surface area contributed by atoms with Gasteiger partial charge in [-0.3, -0.25) is 4.79 Å². The summed E-state index contributed by atoms with van der Waals surface area (Å²) in [6.45, 7) is 4.24. The molecule has 0 bridgehead atoms. The molecule has 0 aliphatic heterocycles. The van der Waals surface area contributed by atoms with Gasteiger partial charge in [-0.1, -0.05) is 29.8 Å². The number of nitriles is 1. The van der Waals surface area contributed by atoms with E-state index in [1.165, 1.54) is 0 Å². The van der Waals surface area contributed by atoms with Crippen LogP contribution >= 0.6 is 11.6 Å². The van der Waals surface area contributed by atoms with Crippen LogP contribution in [0, 0.1) is 25.2 Å². The van der Waals surface area contributed by atoms with E-state index in [-0.39, 0.29) is 5.57 Å². The molecule has 0 aliphatic rings. The Hall–Kier alpha value is -3.49. The summed E-state index contributed by atoms with van der Waals surface area (Å²) in [7, 11) is 1.60. The number of amides is 1. The van der Waals surface area contributed by atoms with Crippen molar-refractivity contribution in [3.05, 3.63) is 87.7 Å². The van der Waals surface area contributed by atoms with Crippen molar-refractivity contribution < 1.29 is 9.53 Å². The van der Waals surface area contributed by atoms with Gasteiger partial charge in [0.15, 0.2) is 0 Å². The number of hydrogen-bond acceptors (Lipinski definition) is 3. The number of carbonyl (C=O) groups is 1. The van der Waals surface area contributed by atoms with Gasteiger partial charge in [0.1, 0.15) is 17.4 Å². The predicted octanol–water partition coefficient (Wildman–Crippen LogP) is 4.98. The lowest BCUT2D eigenvalue weighted by atomic mass is 10.1. The highest BCUT2D eigenvalue weighted by molar-refractivity contribution is 6.30. The molecule has 6 heteroatoms. The normalized spacial score (nSPS) is 11.1. The average molecular weight is 420 g/mol. The molecule has 0 saturated heterocycles. The van der Waals surface area contributed by atoms with Crippen molar-refractivity contribution in [3.8, 4) is 17.5 Å². The number of benzene rings is 2. The van der Waals surface area contributed by atoms with Gasteiger partial charge in [0.2, 0.25) is 0 Å². The van der Waals surface area contributed by atoms with E-state index in [4.69, 9.17) is 16.3 Å². The highest BCUT2D eigenvalue weighted by atomic mass is 35.5. The minimum Gasteiger partial charge on any atom is -0.497 e. The maximum atomic E-state index is 12.5. The summed E-state index contributed by atoms with van der Waals surface area (Å²) >= 11 is 6.13. The lowest BCUT2D eigenvalue weighted by Gasteiger charge is -2.10. The second-order valence-electron chi connectivity index (χ2n) is 6.84. The number of methoxy groups -OCH3 is 1. The monoisotopic (exact) mass is 419 g/mol. The molecule has 0 unspecified atom stereocenters. The third-order valence-electron chi connectivity index (χ3n) is 4.81. The molecule has 1 N–H and O–H groups in total. The molecule has 3 aromatic rings. The average Bonchev–Trinajstić information content (AvgIpc) is 3.03. The van der Waals surface area contributed by atoms with Crippen molar-refractivity contribution in [1.29, 1.82) is 5.26 Å². The van der Waals surface area contributed by atoms with Crippen molar-refractivity contribution in [1.82, 2.24) is 9.88 Å². The van der Waals surface area contributed by atoms with Gasteiger partial charge >= 0.3 is 0 Å². The number of aryl methyl sites for hydroxylation is 1. The molecule has 1 heterocycles. The van der Waals surface area contributed by atoms with Crippen LogP contribution in [0.1, 0.15) is 22.5 Å². The van der Waals surface area contributed by atoms with Gasteiger partial charge in [0.25, 0.3) is 5.91 Å². The molecular weight excluding hydrogens is 398 g/mol. The Morgan fingerprint density at radius 3 is 2.57 bits per heavy atom. The molecule has 0 fully saturated rings. The van der Waals surface area contributed by atoms with Crippen LogP contribution in [0.2, 0.25) is 5.02 Å². The Kier molecular flexibility index (Phi) is 6.61. The summed E-state index contributed by atoms with van der Waals surface area (Å²) in [5.41, 5.74) is 4.61. The van der Waals surface area contributed by atoms with Crippen LogP contribution in [0.15, 0.2) is 60.2 Å². The number of aromatic nitrogens is 1. The van der Waals surface area contributed by atoms with Gasteiger partial charge < -0.3 is 14.6 Å². The van der Waals surface area contributed by atoms with Crippen molar-refractivity contribution >= 4 is 23.6 Å². The number of nitrogens with one attached hydrogen (secondary N) is 1. The van der Waals surface area contributed by atoms with Crippen molar-refractivity contribution in [2.75, 3.05) is 7.11 Å². The summed E-state index contributed by atoms with van der Waals surface area (Å²) < 4.78 is 7.17. The molecular formula is C24H22ClN3O2. The second-order valence-corrected chi connectivity index (χ2v) is 7.28. The van der Waals surface area contributed by atoms with Gasteiger partial charge in [0.05, 0.1) is 7.11 Å². The second kappa shape index (κ2) is 9.34. The first-order valence-corrected chi connectivity index (χ1v) is 9.78. The number of nitrogens with zero attached hydrogens (tertiary/aromatic N) is 2. The minimum absolute atomic E-state index is 0.0508. The Morgan fingerprint density at radius 2 is 1.93 bits per heavy atom. The van der Waals surface area contributed by atoms with Crippen LogP contribution in [0.4, 0.5) is 0 Å². The van der Waals surface area contributed by atoms with Crippen LogP contribution < -0.4 is 10.1 Å². The van der Waals surface area contributed by atoms with Crippen LogP contribution in [-0.4, -0.2) is 17.6 Å². The standard InChI is InChI=1S/C24H22ClN3O2/c1-16-11-19(17(2)28(16)22-6-4-5-21(25)13-22)12-20(14-26)24(29)27-15-18-7-9-23(30-3)10-8-18/h4-13H,15H2,1-3H3,(H,27,29)/b20-12-. The summed E-state index contributed by atoms with van der Waals surface area (Å²) in [6, 6.07) is 18.9. The van der Waals surface area contributed by atoms with Crippen molar-refractivity contribution in [2.24, 2.45) is 0 Å². The first-order valence-electron chi connectivity index (χ1n) is 9.40. The van der Waals surface area contributed by atoms with Gasteiger partial charge in [-0.25, -0.2) is 0 Å². The van der Waals surface area contributed by atoms with E-state index in [2.05, 4.69) is 5.32 Å². The van der Waals surface area contributed by atoms with E-state index in [1.807, 2.05) is 79.1 Å². The van der Waals surface area contributed by atoms with Crippen LogP contribution in [-0.2, 0) is 11.3 Å². The fourth-order valence-corrected chi connectivity index (χ4v) is 3.46. The van der Waals surface area contributed by atoms with Gasteiger partial charge in [0, 0.05) is 28.6 Å². The highest BCUT2D eigenvalue weighted by Gasteiger charge is 2.14. The maximum Gasteiger partial charge on any atom is 0.262 e. The molecule has 152 valence electrons. The summed E-state index contributed by atoms with van der Waals surface area (Å²) in [5, 5.41) is 13.0. The summed E-state index contributed by atoms with van der Waals surface area (Å²) in [5.74, 6) is 0.332. The molecule has 30 heavy (non-hydrogen) atoms. The quantitative estimate of drug-likeness (QED) is 0.452.